The van der Waals surface area contributed by atoms with Crippen LogP contribution in [0.1, 0.15) is 47.8 Å². The predicted molar refractivity (Wildman–Crippen MR) is 80.7 cm³/mol. The number of benzene rings is 1. The maximum absolute atomic E-state index is 10.9. The summed E-state index contributed by atoms with van der Waals surface area (Å²) in [6, 6.07) is 9.96. The molecule has 0 aliphatic carbocycles. The van der Waals surface area contributed by atoms with Crippen LogP contribution in [0.4, 0.5) is 0 Å². The maximum Gasteiger partial charge on any atom is 0.152 e. The van der Waals surface area contributed by atoms with Crippen LogP contribution in [0.2, 0.25) is 0 Å². The first-order valence-electron chi connectivity index (χ1n) is 6.52. The van der Waals surface area contributed by atoms with Gasteiger partial charge in [0.05, 0.1) is 0 Å². The van der Waals surface area contributed by atoms with Crippen molar-refractivity contribution in [3.8, 4) is 11.8 Å². The predicted octanol–water partition coefficient (Wildman–Crippen LogP) is 3.59. The highest BCUT2D eigenvalue weighted by atomic mass is 16.1. The van der Waals surface area contributed by atoms with Crippen molar-refractivity contribution in [3.05, 3.63) is 65.0 Å². The van der Waals surface area contributed by atoms with Crippen molar-refractivity contribution in [2.45, 2.75) is 26.2 Å². The fourth-order valence-corrected chi connectivity index (χ4v) is 1.81. The van der Waals surface area contributed by atoms with E-state index in [1.54, 1.807) is 12.3 Å². The third-order valence-corrected chi connectivity index (χ3v) is 3.07. The van der Waals surface area contributed by atoms with Crippen LogP contribution in [0, 0.1) is 11.8 Å². The molecule has 2 nitrogen and oxygen atoms in total. The average molecular weight is 263 g/mol. The van der Waals surface area contributed by atoms with E-state index in [1.807, 2.05) is 12.1 Å². The fourth-order valence-electron chi connectivity index (χ4n) is 1.81. The number of nitrogens with zero attached hydrogens (tertiary/aromatic N) is 1. The molecule has 0 fully saturated rings. The Morgan fingerprint density at radius 2 is 1.75 bits per heavy atom. The van der Waals surface area contributed by atoms with Gasteiger partial charge in [0.15, 0.2) is 6.29 Å². The molecule has 0 saturated heterocycles. The second-order valence-electron chi connectivity index (χ2n) is 5.66. The molecule has 0 saturated carbocycles. The molecule has 0 spiro atoms. The molecule has 1 aromatic carbocycles. The van der Waals surface area contributed by atoms with Gasteiger partial charge in [-0.15, -0.1) is 0 Å². The van der Waals surface area contributed by atoms with Gasteiger partial charge in [0, 0.05) is 29.1 Å². The number of hydrogen-bond acceptors (Lipinski definition) is 2. The monoisotopic (exact) mass is 263 g/mol. The first kappa shape index (κ1) is 14.0. The largest absolute Gasteiger partial charge is 0.298 e. The Morgan fingerprint density at radius 1 is 1.05 bits per heavy atom. The summed E-state index contributed by atoms with van der Waals surface area (Å²) in [6.07, 6.45) is 3.94. The van der Waals surface area contributed by atoms with Gasteiger partial charge in [-0.1, -0.05) is 44.7 Å². The second-order valence-corrected chi connectivity index (χ2v) is 5.66. The standard InChI is InChI=1S/C18H17NO/c1-18(2,3)17-8-5-14(6-9-17)4-7-15-10-11-19-12-16(15)13-20/h5-6,8-13H,1-3H3. The van der Waals surface area contributed by atoms with Gasteiger partial charge >= 0.3 is 0 Å². The van der Waals surface area contributed by atoms with Crippen molar-refractivity contribution in [2.75, 3.05) is 0 Å². The van der Waals surface area contributed by atoms with Crippen molar-refractivity contribution in [1.29, 1.82) is 0 Å². The van der Waals surface area contributed by atoms with Crippen molar-refractivity contribution < 1.29 is 4.79 Å². The minimum atomic E-state index is 0.141. The van der Waals surface area contributed by atoms with Gasteiger partial charge in [-0.05, 0) is 29.2 Å². The minimum Gasteiger partial charge on any atom is -0.298 e. The smallest absolute Gasteiger partial charge is 0.152 e. The molecule has 1 heterocycles. The van der Waals surface area contributed by atoms with Crippen molar-refractivity contribution in [3.63, 3.8) is 0 Å². The lowest BCUT2D eigenvalue weighted by atomic mass is 9.87. The lowest BCUT2D eigenvalue weighted by Gasteiger charge is -2.18. The van der Waals surface area contributed by atoms with E-state index in [1.165, 1.54) is 11.8 Å². The van der Waals surface area contributed by atoms with Crippen molar-refractivity contribution in [2.24, 2.45) is 0 Å². The highest BCUT2D eigenvalue weighted by Gasteiger charge is 2.12. The SMILES string of the molecule is CC(C)(C)c1ccc(C#Cc2ccncc2C=O)cc1. The number of carbonyl (C=O) groups is 1. The molecule has 0 atom stereocenters. The summed E-state index contributed by atoms with van der Waals surface area (Å²) in [5.74, 6) is 6.10. The number of carbonyl (C=O) groups excluding carboxylic acids is 1. The van der Waals surface area contributed by atoms with Crippen LogP contribution in [0.3, 0.4) is 0 Å². The Morgan fingerprint density at radius 3 is 2.35 bits per heavy atom. The molecule has 0 N–H and O–H groups in total. The minimum absolute atomic E-state index is 0.141. The van der Waals surface area contributed by atoms with E-state index < -0.39 is 0 Å². The number of aldehydes is 1. The summed E-state index contributed by atoms with van der Waals surface area (Å²) in [6.45, 7) is 6.54. The molecule has 2 rings (SSSR count). The zero-order valence-corrected chi connectivity index (χ0v) is 12.0. The number of aromatic nitrogens is 1. The van der Waals surface area contributed by atoms with Crippen molar-refractivity contribution in [1.82, 2.24) is 4.98 Å². The molecular formula is C18H17NO. The van der Waals surface area contributed by atoms with Gasteiger partial charge in [0.2, 0.25) is 0 Å². The van der Waals surface area contributed by atoms with E-state index in [2.05, 4.69) is 49.7 Å². The summed E-state index contributed by atoms with van der Waals surface area (Å²) in [4.78, 5) is 14.8. The third-order valence-electron chi connectivity index (χ3n) is 3.07. The molecule has 0 aliphatic rings. The van der Waals surface area contributed by atoms with Gasteiger partial charge in [-0.25, -0.2) is 0 Å². The molecule has 0 aliphatic heterocycles. The van der Waals surface area contributed by atoms with Crippen LogP contribution in [0.15, 0.2) is 42.7 Å². The van der Waals surface area contributed by atoms with Gasteiger partial charge in [0.1, 0.15) is 0 Å². The molecule has 0 radical (unpaired) electrons. The zero-order valence-electron chi connectivity index (χ0n) is 12.0. The summed E-state index contributed by atoms with van der Waals surface area (Å²) in [7, 11) is 0. The zero-order chi connectivity index (χ0) is 14.6. The number of hydrogen-bond donors (Lipinski definition) is 0. The first-order valence-corrected chi connectivity index (χ1v) is 6.52. The van der Waals surface area contributed by atoms with Gasteiger partial charge in [-0.2, -0.15) is 0 Å². The van der Waals surface area contributed by atoms with Crippen LogP contribution in [0.5, 0.6) is 0 Å². The van der Waals surface area contributed by atoms with Crippen LogP contribution in [-0.4, -0.2) is 11.3 Å². The molecule has 2 aromatic rings. The molecule has 0 unspecified atom stereocenters. The number of rotatable bonds is 1. The van der Waals surface area contributed by atoms with E-state index in [9.17, 15) is 4.79 Å². The maximum atomic E-state index is 10.9. The lowest BCUT2D eigenvalue weighted by Crippen LogP contribution is -2.10. The van der Waals surface area contributed by atoms with E-state index in [0.717, 1.165) is 11.8 Å². The topological polar surface area (TPSA) is 30.0 Å². The molecule has 20 heavy (non-hydrogen) atoms. The first-order chi connectivity index (χ1) is 9.50. The Hall–Kier alpha value is -2.40. The molecule has 0 amide bonds. The van der Waals surface area contributed by atoms with Gasteiger partial charge < -0.3 is 0 Å². The van der Waals surface area contributed by atoms with Crippen LogP contribution < -0.4 is 0 Å². The Bertz CT molecular complexity index is 667. The van der Waals surface area contributed by atoms with Gasteiger partial charge in [-0.3, -0.25) is 9.78 Å². The molecule has 0 bridgehead atoms. The Kier molecular flexibility index (Phi) is 4.00. The van der Waals surface area contributed by atoms with E-state index in [0.29, 0.717) is 11.1 Å². The average Bonchev–Trinajstić information content (AvgIpc) is 2.45. The van der Waals surface area contributed by atoms with Crippen LogP contribution in [-0.2, 0) is 5.41 Å². The molecule has 1 aromatic heterocycles. The summed E-state index contributed by atoms with van der Waals surface area (Å²) < 4.78 is 0. The molecule has 2 heteroatoms. The van der Waals surface area contributed by atoms with E-state index in [-0.39, 0.29) is 5.41 Å². The Balaban J connectivity index is 2.27. The van der Waals surface area contributed by atoms with Crippen molar-refractivity contribution >= 4 is 6.29 Å². The van der Waals surface area contributed by atoms with E-state index in [4.69, 9.17) is 0 Å². The molecule has 100 valence electrons. The highest BCUT2D eigenvalue weighted by Crippen LogP contribution is 2.21. The fraction of sp³-hybridized carbons (Fsp3) is 0.222. The number of pyridine rings is 1. The quantitative estimate of drug-likeness (QED) is 0.581. The summed E-state index contributed by atoms with van der Waals surface area (Å²) in [5.41, 5.74) is 3.58. The second kappa shape index (κ2) is 5.71. The summed E-state index contributed by atoms with van der Waals surface area (Å²) >= 11 is 0. The van der Waals surface area contributed by atoms with Crippen LogP contribution in [0.25, 0.3) is 0 Å². The van der Waals surface area contributed by atoms with Crippen LogP contribution >= 0.6 is 0 Å². The highest BCUT2D eigenvalue weighted by molar-refractivity contribution is 5.78. The normalized spacial score (nSPS) is 10.6. The lowest BCUT2D eigenvalue weighted by molar-refractivity contribution is 0.112. The molecular weight excluding hydrogens is 246 g/mol. The Labute approximate surface area is 119 Å². The van der Waals surface area contributed by atoms with E-state index >= 15 is 0 Å². The third kappa shape index (κ3) is 3.33. The summed E-state index contributed by atoms with van der Waals surface area (Å²) in [5, 5.41) is 0. The van der Waals surface area contributed by atoms with Gasteiger partial charge in [0.25, 0.3) is 0 Å².